The number of ether oxygens (including phenoxy) is 1. The van der Waals surface area contributed by atoms with Crippen molar-refractivity contribution in [1.29, 1.82) is 0 Å². The number of carbonyl (C=O) groups is 1. The van der Waals surface area contributed by atoms with Crippen LogP contribution in [-0.2, 0) is 26.7 Å². The van der Waals surface area contributed by atoms with Crippen LogP contribution in [-0.4, -0.2) is 49.7 Å². The number of anilines is 1. The molecule has 4 rings (SSSR count). The summed E-state index contributed by atoms with van der Waals surface area (Å²) in [6, 6.07) is 11.7. The first-order valence-corrected chi connectivity index (χ1v) is 14.6. The third-order valence-corrected chi connectivity index (χ3v) is 8.61. The molecule has 0 unspecified atom stereocenters. The zero-order valence-corrected chi connectivity index (χ0v) is 24.4. The average Bonchev–Trinajstić information content (AvgIpc) is 3.21. The van der Waals surface area contributed by atoms with Crippen LogP contribution in [0.3, 0.4) is 0 Å². The second-order valence-corrected chi connectivity index (χ2v) is 14.2. The summed E-state index contributed by atoms with van der Waals surface area (Å²) >= 11 is 0. The lowest BCUT2D eigenvalue weighted by atomic mass is 9.94. The van der Waals surface area contributed by atoms with Gasteiger partial charge >= 0.3 is 0 Å². The van der Waals surface area contributed by atoms with E-state index in [1.165, 1.54) is 16.4 Å². The van der Waals surface area contributed by atoms with Crippen molar-refractivity contribution in [3.63, 3.8) is 0 Å². The van der Waals surface area contributed by atoms with E-state index in [-0.39, 0.29) is 21.8 Å². The molecule has 0 spiro atoms. The first-order valence-electron chi connectivity index (χ1n) is 13.2. The van der Waals surface area contributed by atoms with Crippen molar-refractivity contribution in [1.82, 2.24) is 14.9 Å². The van der Waals surface area contributed by atoms with Crippen LogP contribution in [0.5, 0.6) is 0 Å². The molecule has 1 aliphatic rings. The van der Waals surface area contributed by atoms with Gasteiger partial charge in [0.05, 0.1) is 21.6 Å². The fraction of sp³-hybridized carbons (Fsp3) is 0.517. The number of nitrogens with zero attached hydrogens (tertiary/aromatic N) is 3. The van der Waals surface area contributed by atoms with Crippen molar-refractivity contribution in [2.45, 2.75) is 76.8 Å². The maximum Gasteiger partial charge on any atom is 0.264 e. The molecule has 0 aliphatic carbocycles. The number of amides is 1. The molecule has 0 saturated carbocycles. The van der Waals surface area contributed by atoms with Gasteiger partial charge in [-0.2, -0.15) is 0 Å². The van der Waals surface area contributed by atoms with Crippen LogP contribution in [0.1, 0.15) is 70.6 Å². The molecule has 8 nitrogen and oxygen atoms in total. The van der Waals surface area contributed by atoms with E-state index in [0.717, 1.165) is 49.5 Å². The van der Waals surface area contributed by atoms with Gasteiger partial charge in [-0.25, -0.2) is 13.4 Å². The molecule has 1 aromatic heterocycles. The van der Waals surface area contributed by atoms with Gasteiger partial charge < -0.3 is 14.6 Å². The topological polar surface area (TPSA) is 93.5 Å². The molecule has 2 aromatic carbocycles. The second-order valence-electron chi connectivity index (χ2n) is 12.2. The number of aromatic nitrogens is 2. The Morgan fingerprint density at radius 3 is 2.26 bits per heavy atom. The van der Waals surface area contributed by atoms with Crippen LogP contribution < -0.4 is 9.62 Å². The summed E-state index contributed by atoms with van der Waals surface area (Å²) in [4.78, 5) is 17.5. The second kappa shape index (κ2) is 10.3. The predicted octanol–water partition coefficient (Wildman–Crippen LogP) is 5.11. The highest BCUT2D eigenvalue weighted by atomic mass is 32.2. The van der Waals surface area contributed by atoms with Crippen molar-refractivity contribution in [2.24, 2.45) is 5.92 Å². The maximum atomic E-state index is 13.5. The van der Waals surface area contributed by atoms with E-state index in [9.17, 15) is 13.2 Å². The Bertz CT molecular complexity index is 1410. The van der Waals surface area contributed by atoms with Gasteiger partial charge in [0.25, 0.3) is 15.9 Å². The largest absolute Gasteiger partial charge is 0.381 e. The van der Waals surface area contributed by atoms with Crippen LogP contribution in [0.2, 0.25) is 0 Å². The number of hydrogen-bond acceptors (Lipinski definition) is 5. The number of fused-ring (bicyclic) bond motifs is 1. The molecular formula is C29H40N4O4S. The summed E-state index contributed by atoms with van der Waals surface area (Å²) in [5.74, 6) is 1.27. The van der Waals surface area contributed by atoms with E-state index in [1.54, 1.807) is 19.2 Å². The van der Waals surface area contributed by atoms with E-state index in [1.807, 2.05) is 39.0 Å². The van der Waals surface area contributed by atoms with Gasteiger partial charge in [-0.05, 0) is 82.0 Å². The van der Waals surface area contributed by atoms with Crippen molar-refractivity contribution < 1.29 is 17.9 Å². The molecule has 1 saturated heterocycles. The molecule has 38 heavy (non-hydrogen) atoms. The van der Waals surface area contributed by atoms with Crippen LogP contribution >= 0.6 is 0 Å². The predicted molar refractivity (Wildman–Crippen MR) is 151 cm³/mol. The van der Waals surface area contributed by atoms with Crippen LogP contribution in [0, 0.1) is 5.92 Å². The van der Waals surface area contributed by atoms with Gasteiger partial charge in [0, 0.05) is 43.3 Å². The number of benzene rings is 2. The standard InChI is InChI=1S/C29H40N4O4S/c1-28(2,3)27-30-24-18-22(10-13-25(24)33(27)19-20-14-16-37-17-15-20)32(7)38(35,36)23-11-8-21(9-12-23)26(34)31-29(4,5)6/h8-13,18,20H,14-17,19H2,1-7H3,(H,31,34). The molecule has 1 amide bonds. The fourth-order valence-electron chi connectivity index (χ4n) is 4.75. The number of carbonyl (C=O) groups excluding carboxylic acids is 1. The first kappa shape index (κ1) is 28.1. The molecule has 206 valence electrons. The smallest absolute Gasteiger partial charge is 0.264 e. The maximum absolute atomic E-state index is 13.5. The molecule has 1 N–H and O–H groups in total. The summed E-state index contributed by atoms with van der Waals surface area (Å²) in [6.45, 7) is 14.6. The van der Waals surface area contributed by atoms with Gasteiger partial charge in [0.1, 0.15) is 5.82 Å². The minimum atomic E-state index is -3.84. The summed E-state index contributed by atoms with van der Waals surface area (Å²) in [5, 5.41) is 2.89. The summed E-state index contributed by atoms with van der Waals surface area (Å²) < 4.78 is 36.0. The van der Waals surface area contributed by atoms with E-state index in [2.05, 4.69) is 30.7 Å². The number of hydrogen-bond donors (Lipinski definition) is 1. The lowest BCUT2D eigenvalue weighted by Gasteiger charge is -2.26. The van der Waals surface area contributed by atoms with Crippen molar-refractivity contribution in [2.75, 3.05) is 24.6 Å². The molecule has 9 heteroatoms. The van der Waals surface area contributed by atoms with Gasteiger partial charge in [-0.1, -0.05) is 20.8 Å². The lowest BCUT2D eigenvalue weighted by molar-refractivity contribution is 0.0611. The molecule has 2 heterocycles. The highest BCUT2D eigenvalue weighted by molar-refractivity contribution is 7.92. The third kappa shape index (κ3) is 6.04. The molecule has 1 aliphatic heterocycles. The Hall–Kier alpha value is -2.91. The van der Waals surface area contributed by atoms with Gasteiger partial charge in [0.2, 0.25) is 0 Å². The highest BCUT2D eigenvalue weighted by Gasteiger charge is 2.27. The number of imidazole rings is 1. The van der Waals surface area contributed by atoms with Crippen molar-refractivity contribution >= 4 is 32.7 Å². The van der Waals surface area contributed by atoms with E-state index in [4.69, 9.17) is 9.72 Å². The quantitative estimate of drug-likeness (QED) is 0.469. The minimum absolute atomic E-state index is 0.118. The van der Waals surface area contributed by atoms with Crippen molar-refractivity contribution in [3.05, 3.63) is 53.9 Å². The number of nitrogens with one attached hydrogen (secondary N) is 1. The Morgan fingerprint density at radius 2 is 1.68 bits per heavy atom. The highest BCUT2D eigenvalue weighted by Crippen LogP contribution is 2.32. The minimum Gasteiger partial charge on any atom is -0.381 e. The molecule has 3 aromatic rings. The first-order chi connectivity index (χ1) is 17.7. The zero-order valence-electron chi connectivity index (χ0n) is 23.5. The van der Waals surface area contributed by atoms with Crippen molar-refractivity contribution in [3.8, 4) is 0 Å². The number of rotatable bonds is 6. The zero-order chi connectivity index (χ0) is 27.9. The van der Waals surface area contributed by atoms with Crippen LogP contribution in [0.15, 0.2) is 47.4 Å². The molecule has 1 fully saturated rings. The van der Waals surface area contributed by atoms with Gasteiger partial charge in [-0.15, -0.1) is 0 Å². The SMILES string of the molecule is CN(c1ccc2c(c1)nc(C(C)(C)C)n2CC1CCOCC1)S(=O)(=O)c1ccc(C(=O)NC(C)(C)C)cc1. The summed E-state index contributed by atoms with van der Waals surface area (Å²) in [5.41, 5.74) is 2.17. The summed E-state index contributed by atoms with van der Waals surface area (Å²) in [6.07, 6.45) is 2.05. The third-order valence-electron chi connectivity index (χ3n) is 6.81. The normalized spacial score (nSPS) is 15.6. The van der Waals surface area contributed by atoms with Crippen LogP contribution in [0.4, 0.5) is 5.69 Å². The Morgan fingerprint density at radius 1 is 1.05 bits per heavy atom. The van der Waals surface area contributed by atoms with E-state index >= 15 is 0 Å². The average molecular weight is 541 g/mol. The van der Waals surface area contributed by atoms with Gasteiger partial charge in [-0.3, -0.25) is 9.10 Å². The lowest BCUT2D eigenvalue weighted by Crippen LogP contribution is -2.40. The molecule has 0 atom stereocenters. The van der Waals surface area contributed by atoms with E-state index < -0.39 is 10.0 Å². The van der Waals surface area contributed by atoms with Crippen LogP contribution in [0.25, 0.3) is 11.0 Å². The Labute approximate surface area is 226 Å². The molecule has 0 bridgehead atoms. The molecular weight excluding hydrogens is 500 g/mol. The Balaban J connectivity index is 1.63. The fourth-order valence-corrected chi connectivity index (χ4v) is 5.93. The Kier molecular flexibility index (Phi) is 7.65. The summed E-state index contributed by atoms with van der Waals surface area (Å²) in [7, 11) is -2.30. The number of sulfonamides is 1. The monoisotopic (exact) mass is 540 g/mol. The van der Waals surface area contributed by atoms with Gasteiger partial charge in [0.15, 0.2) is 0 Å². The van der Waals surface area contributed by atoms with E-state index in [0.29, 0.717) is 17.2 Å². The molecule has 0 radical (unpaired) electrons.